The summed E-state index contributed by atoms with van der Waals surface area (Å²) in [6, 6.07) is 0. The molecule has 78 valence electrons. The monoisotopic (exact) mass is 196 g/mol. The van der Waals surface area contributed by atoms with Gasteiger partial charge >= 0.3 is 0 Å². The average molecular weight is 196 g/mol. The summed E-state index contributed by atoms with van der Waals surface area (Å²) < 4.78 is 10.5. The summed E-state index contributed by atoms with van der Waals surface area (Å²) in [7, 11) is 3.26. The van der Waals surface area contributed by atoms with E-state index in [1.807, 2.05) is 6.08 Å². The topological polar surface area (TPSA) is 35.5 Å². The average Bonchev–Trinajstić information content (AvgIpc) is 2.51. The van der Waals surface area contributed by atoms with Crippen LogP contribution >= 0.6 is 0 Å². The first-order valence-electron chi connectivity index (χ1n) is 5.04. The van der Waals surface area contributed by atoms with Crippen molar-refractivity contribution >= 4 is 5.78 Å². The van der Waals surface area contributed by atoms with Gasteiger partial charge in [-0.25, -0.2) is 0 Å². The molecule has 0 spiro atoms. The Morgan fingerprint density at radius 2 is 2.07 bits per heavy atom. The van der Waals surface area contributed by atoms with Gasteiger partial charge in [0.25, 0.3) is 0 Å². The van der Waals surface area contributed by atoms with Crippen molar-refractivity contribution in [2.75, 3.05) is 14.2 Å². The molecule has 0 radical (unpaired) electrons. The summed E-state index contributed by atoms with van der Waals surface area (Å²) in [5.41, 5.74) is 0. The molecule has 2 rings (SSSR count). The Bertz CT molecular complexity index is 255. The van der Waals surface area contributed by atoms with Gasteiger partial charge < -0.3 is 9.47 Å². The first-order valence-corrected chi connectivity index (χ1v) is 5.04. The van der Waals surface area contributed by atoms with Gasteiger partial charge in [0.15, 0.2) is 6.29 Å². The fraction of sp³-hybridized carbons (Fsp3) is 0.727. The summed E-state index contributed by atoms with van der Waals surface area (Å²) in [5.74, 6) is 1.02. The number of hydrogen-bond donors (Lipinski definition) is 0. The first kappa shape index (κ1) is 9.87. The van der Waals surface area contributed by atoms with Crippen LogP contribution in [-0.4, -0.2) is 26.3 Å². The predicted octanol–water partition coefficient (Wildman–Crippen LogP) is 1.39. The van der Waals surface area contributed by atoms with Gasteiger partial charge in [-0.3, -0.25) is 4.79 Å². The fourth-order valence-electron chi connectivity index (χ4n) is 2.65. The molecule has 14 heavy (non-hydrogen) atoms. The van der Waals surface area contributed by atoms with Gasteiger partial charge in [-0.05, 0) is 12.3 Å². The van der Waals surface area contributed by atoms with Gasteiger partial charge in [-0.15, -0.1) is 0 Å². The Hall–Kier alpha value is -0.670. The molecule has 0 aromatic heterocycles. The minimum absolute atomic E-state index is 0.0265. The molecule has 3 atom stereocenters. The van der Waals surface area contributed by atoms with E-state index in [1.165, 1.54) is 0 Å². The minimum Gasteiger partial charge on any atom is -0.356 e. The molecule has 0 N–H and O–H groups in total. The van der Waals surface area contributed by atoms with Crippen molar-refractivity contribution in [3.8, 4) is 0 Å². The van der Waals surface area contributed by atoms with E-state index >= 15 is 0 Å². The van der Waals surface area contributed by atoms with Gasteiger partial charge in [0.05, 0.1) is 0 Å². The quantitative estimate of drug-likeness (QED) is 0.505. The lowest BCUT2D eigenvalue weighted by atomic mass is 9.76. The molecule has 0 aromatic rings. The zero-order valence-corrected chi connectivity index (χ0v) is 8.60. The van der Waals surface area contributed by atoms with E-state index in [1.54, 1.807) is 14.2 Å². The number of methoxy groups -OCH3 is 2. The maximum absolute atomic E-state index is 11.6. The molecular formula is C11H16O3. The Morgan fingerprint density at radius 1 is 1.36 bits per heavy atom. The molecule has 3 heteroatoms. The largest absolute Gasteiger partial charge is 0.356 e. The third-order valence-electron chi connectivity index (χ3n) is 3.35. The lowest BCUT2D eigenvalue weighted by Crippen LogP contribution is -2.39. The third-order valence-corrected chi connectivity index (χ3v) is 3.35. The van der Waals surface area contributed by atoms with Gasteiger partial charge in [0.2, 0.25) is 0 Å². The van der Waals surface area contributed by atoms with Crippen LogP contribution in [0.1, 0.15) is 12.8 Å². The lowest BCUT2D eigenvalue weighted by Gasteiger charge is -2.33. The lowest BCUT2D eigenvalue weighted by molar-refractivity contribution is -0.164. The highest BCUT2D eigenvalue weighted by Crippen LogP contribution is 2.42. The molecule has 1 saturated carbocycles. The molecule has 0 heterocycles. The van der Waals surface area contributed by atoms with E-state index in [9.17, 15) is 4.79 Å². The summed E-state index contributed by atoms with van der Waals surface area (Å²) in [6.07, 6.45) is 5.57. The summed E-state index contributed by atoms with van der Waals surface area (Å²) >= 11 is 0. The van der Waals surface area contributed by atoms with Crippen LogP contribution in [0.15, 0.2) is 12.2 Å². The Labute approximate surface area is 84.1 Å². The van der Waals surface area contributed by atoms with Gasteiger partial charge in [0.1, 0.15) is 5.78 Å². The second kappa shape index (κ2) is 3.83. The second-order valence-electron chi connectivity index (χ2n) is 4.00. The summed E-state index contributed by atoms with van der Waals surface area (Å²) in [5, 5.41) is 0. The third kappa shape index (κ3) is 1.41. The number of Topliss-reactive ketones (excluding diaryl/α,β-unsaturated/α-hetero) is 1. The van der Waals surface area contributed by atoms with Gasteiger partial charge in [-0.2, -0.15) is 0 Å². The molecular weight excluding hydrogens is 180 g/mol. The van der Waals surface area contributed by atoms with Gasteiger partial charge in [0, 0.05) is 32.5 Å². The number of rotatable bonds is 3. The van der Waals surface area contributed by atoms with Crippen LogP contribution in [-0.2, 0) is 14.3 Å². The Morgan fingerprint density at radius 3 is 2.71 bits per heavy atom. The maximum Gasteiger partial charge on any atom is 0.161 e. The molecule has 0 saturated heterocycles. The number of allylic oxidation sites excluding steroid dienone is 2. The van der Waals surface area contributed by atoms with E-state index < -0.39 is 0 Å². The highest BCUT2D eigenvalue weighted by Gasteiger charge is 2.44. The van der Waals surface area contributed by atoms with Gasteiger partial charge in [-0.1, -0.05) is 12.2 Å². The smallest absolute Gasteiger partial charge is 0.161 e. The Kier molecular flexibility index (Phi) is 2.70. The molecule has 2 aliphatic rings. The van der Waals surface area contributed by atoms with Crippen molar-refractivity contribution in [1.82, 2.24) is 0 Å². The van der Waals surface area contributed by atoms with Crippen LogP contribution in [0.25, 0.3) is 0 Å². The van der Waals surface area contributed by atoms with Crippen molar-refractivity contribution in [2.45, 2.75) is 19.1 Å². The van der Waals surface area contributed by atoms with Crippen molar-refractivity contribution < 1.29 is 14.3 Å². The SMILES string of the molecule is COC(OC)C1[C@@H]2C=C[C@H]1C(=O)CC2. The van der Waals surface area contributed by atoms with Crippen molar-refractivity contribution in [2.24, 2.45) is 17.8 Å². The van der Waals surface area contributed by atoms with E-state index in [4.69, 9.17) is 9.47 Å². The molecule has 1 unspecified atom stereocenters. The van der Waals surface area contributed by atoms with Crippen molar-refractivity contribution in [3.05, 3.63) is 12.2 Å². The number of carbonyl (C=O) groups is 1. The predicted molar refractivity (Wildman–Crippen MR) is 51.7 cm³/mol. The number of hydrogen-bond acceptors (Lipinski definition) is 3. The van der Waals surface area contributed by atoms with E-state index in [2.05, 4.69) is 6.08 Å². The van der Waals surface area contributed by atoms with Crippen LogP contribution < -0.4 is 0 Å². The highest BCUT2D eigenvalue weighted by molar-refractivity contribution is 5.84. The van der Waals surface area contributed by atoms with E-state index in [0.29, 0.717) is 18.1 Å². The van der Waals surface area contributed by atoms with Crippen LogP contribution in [0.3, 0.4) is 0 Å². The standard InChI is InChI=1S/C11H16O3/c1-13-11(14-2)10-7-3-5-8(10)9(12)6-4-7/h3,5,7-8,10-11H,4,6H2,1-2H3/t7-,8+,10?/m1/s1. The van der Waals surface area contributed by atoms with Crippen LogP contribution in [0.2, 0.25) is 0 Å². The first-order chi connectivity index (χ1) is 6.77. The van der Waals surface area contributed by atoms with E-state index in [-0.39, 0.29) is 18.1 Å². The van der Waals surface area contributed by atoms with Crippen molar-refractivity contribution in [1.29, 1.82) is 0 Å². The summed E-state index contributed by atoms with van der Waals surface area (Å²) in [6.45, 7) is 0. The number of carbonyl (C=O) groups excluding carboxylic acids is 1. The second-order valence-corrected chi connectivity index (χ2v) is 4.00. The fourth-order valence-corrected chi connectivity index (χ4v) is 2.65. The maximum atomic E-state index is 11.6. The molecule has 0 aliphatic heterocycles. The minimum atomic E-state index is -0.246. The zero-order valence-electron chi connectivity index (χ0n) is 8.60. The molecule has 3 nitrogen and oxygen atoms in total. The number of ketones is 1. The molecule has 0 amide bonds. The Balaban J connectivity index is 2.17. The van der Waals surface area contributed by atoms with Crippen LogP contribution in [0.4, 0.5) is 0 Å². The highest BCUT2D eigenvalue weighted by atomic mass is 16.7. The number of ether oxygens (including phenoxy) is 2. The molecule has 2 aliphatic carbocycles. The van der Waals surface area contributed by atoms with Crippen molar-refractivity contribution in [3.63, 3.8) is 0 Å². The van der Waals surface area contributed by atoms with Crippen LogP contribution in [0, 0.1) is 17.8 Å². The molecule has 0 aromatic carbocycles. The number of fused-ring (bicyclic) bond motifs is 2. The van der Waals surface area contributed by atoms with E-state index in [0.717, 1.165) is 6.42 Å². The summed E-state index contributed by atoms with van der Waals surface area (Å²) in [4.78, 5) is 11.6. The molecule has 2 bridgehead atoms. The molecule has 1 fully saturated rings. The zero-order chi connectivity index (χ0) is 10.1. The van der Waals surface area contributed by atoms with Crippen LogP contribution in [0.5, 0.6) is 0 Å². The normalized spacial score (nSPS) is 35.6.